The van der Waals surface area contributed by atoms with Crippen molar-refractivity contribution >= 4 is 0 Å². The number of aliphatic hydroxyl groups is 5. The Hall–Kier alpha value is -0.400. The summed E-state index contributed by atoms with van der Waals surface area (Å²) in [5.74, 6) is 0. The molecule has 10 heteroatoms. The van der Waals surface area contributed by atoms with Crippen molar-refractivity contribution in [2.45, 2.75) is 68.5 Å². The van der Waals surface area contributed by atoms with Gasteiger partial charge in [-0.1, -0.05) is 0 Å². The summed E-state index contributed by atoms with van der Waals surface area (Å²) in [7, 11) is 1.53. The molecule has 0 radical (unpaired) electrons. The van der Waals surface area contributed by atoms with Crippen LogP contribution in [0, 0.1) is 0 Å². The van der Waals surface area contributed by atoms with E-state index in [4.69, 9.17) is 23.7 Å². The Morgan fingerprint density at radius 1 is 1.00 bits per heavy atom. The molecule has 2 rings (SSSR count). The van der Waals surface area contributed by atoms with Gasteiger partial charge in [-0.25, -0.2) is 0 Å². The van der Waals surface area contributed by atoms with Crippen LogP contribution in [0.25, 0.3) is 0 Å². The highest BCUT2D eigenvalue weighted by molar-refractivity contribution is 4.88. The molecule has 10 nitrogen and oxygen atoms in total. The van der Waals surface area contributed by atoms with Crippen molar-refractivity contribution in [1.82, 2.24) is 0 Å². The Labute approximate surface area is 152 Å². The minimum absolute atomic E-state index is 0.00766. The highest BCUT2D eigenvalue weighted by Crippen LogP contribution is 2.25. The van der Waals surface area contributed by atoms with Crippen LogP contribution in [0.1, 0.15) is 13.3 Å². The van der Waals surface area contributed by atoms with Gasteiger partial charge in [0.05, 0.1) is 38.6 Å². The van der Waals surface area contributed by atoms with Gasteiger partial charge in [0, 0.05) is 13.5 Å². The molecule has 0 aromatic rings. The van der Waals surface area contributed by atoms with Crippen LogP contribution in [0.15, 0.2) is 0 Å². The van der Waals surface area contributed by atoms with Gasteiger partial charge >= 0.3 is 0 Å². The largest absolute Gasteiger partial charge is 0.388 e. The zero-order valence-corrected chi connectivity index (χ0v) is 15.0. The minimum Gasteiger partial charge on any atom is -0.388 e. The maximum Gasteiger partial charge on any atom is 0.152 e. The minimum atomic E-state index is -1.30. The van der Waals surface area contributed by atoms with Crippen molar-refractivity contribution in [3.8, 4) is 0 Å². The smallest absolute Gasteiger partial charge is 0.152 e. The lowest BCUT2D eigenvalue weighted by atomic mass is 9.98. The second-order valence-corrected chi connectivity index (χ2v) is 6.71. The molecule has 0 saturated carbocycles. The predicted molar refractivity (Wildman–Crippen MR) is 86.3 cm³/mol. The summed E-state index contributed by atoms with van der Waals surface area (Å²) in [6, 6.07) is 0. The van der Waals surface area contributed by atoms with Crippen molar-refractivity contribution in [3.63, 3.8) is 0 Å². The molecule has 2 fully saturated rings. The Morgan fingerprint density at radius 3 is 2.35 bits per heavy atom. The highest BCUT2D eigenvalue weighted by atomic mass is 16.6. The first kappa shape index (κ1) is 21.9. The lowest BCUT2D eigenvalue weighted by molar-refractivity contribution is -0.242. The average molecular weight is 382 g/mol. The van der Waals surface area contributed by atoms with E-state index >= 15 is 0 Å². The molecule has 0 aromatic heterocycles. The van der Waals surface area contributed by atoms with Gasteiger partial charge in [-0.3, -0.25) is 0 Å². The van der Waals surface area contributed by atoms with E-state index in [-0.39, 0.29) is 25.9 Å². The monoisotopic (exact) mass is 382 g/mol. The molecule has 2 saturated heterocycles. The topological polar surface area (TPSA) is 147 Å². The fourth-order valence-corrected chi connectivity index (χ4v) is 3.16. The Bertz CT molecular complexity index is 408. The number of ether oxygens (including phenoxy) is 5. The van der Waals surface area contributed by atoms with Crippen molar-refractivity contribution in [2.75, 3.05) is 33.5 Å². The van der Waals surface area contributed by atoms with Crippen LogP contribution in [0.4, 0.5) is 0 Å². The Kier molecular flexibility index (Phi) is 8.61. The summed E-state index contributed by atoms with van der Waals surface area (Å²) >= 11 is 0. The molecule has 2 aliphatic rings. The van der Waals surface area contributed by atoms with E-state index in [9.17, 15) is 25.5 Å². The van der Waals surface area contributed by atoms with E-state index in [1.807, 2.05) is 0 Å². The molecule has 0 aromatic carbocycles. The van der Waals surface area contributed by atoms with Crippen LogP contribution in [-0.2, 0) is 23.7 Å². The number of hydrogen-bond acceptors (Lipinski definition) is 10. The molecule has 2 heterocycles. The van der Waals surface area contributed by atoms with Gasteiger partial charge in [0.2, 0.25) is 0 Å². The summed E-state index contributed by atoms with van der Waals surface area (Å²) < 4.78 is 26.9. The van der Waals surface area contributed by atoms with E-state index in [0.717, 1.165) is 0 Å². The number of methoxy groups -OCH3 is 1. The van der Waals surface area contributed by atoms with Gasteiger partial charge < -0.3 is 49.2 Å². The molecule has 26 heavy (non-hydrogen) atoms. The summed E-state index contributed by atoms with van der Waals surface area (Å²) in [6.45, 7) is 1.60. The average Bonchev–Trinajstić information content (AvgIpc) is 2.58. The Morgan fingerprint density at radius 2 is 1.69 bits per heavy atom. The van der Waals surface area contributed by atoms with E-state index < -0.39 is 49.0 Å². The molecule has 154 valence electrons. The SMILES string of the molecule is COCC1C[C@@H](O[C@@H](C)O)C(O)[C@@H](COCC2OCC(O)[C@H](O)[C@@H]2O)O1. The molecule has 4 unspecified atom stereocenters. The first-order valence-electron chi connectivity index (χ1n) is 8.73. The lowest BCUT2D eigenvalue weighted by Gasteiger charge is -2.40. The third kappa shape index (κ3) is 5.80. The molecule has 0 spiro atoms. The summed E-state index contributed by atoms with van der Waals surface area (Å²) in [5.41, 5.74) is 0. The fraction of sp³-hybridized carbons (Fsp3) is 1.00. The van der Waals surface area contributed by atoms with E-state index in [1.165, 1.54) is 14.0 Å². The van der Waals surface area contributed by atoms with Crippen LogP contribution < -0.4 is 0 Å². The number of rotatable bonds is 8. The first-order valence-corrected chi connectivity index (χ1v) is 8.73. The molecule has 0 aliphatic carbocycles. The third-order valence-corrected chi connectivity index (χ3v) is 4.52. The van der Waals surface area contributed by atoms with Gasteiger partial charge in [0.1, 0.15) is 36.6 Å². The van der Waals surface area contributed by atoms with Gasteiger partial charge in [-0.05, 0) is 6.92 Å². The van der Waals surface area contributed by atoms with Gasteiger partial charge in [-0.2, -0.15) is 0 Å². The predicted octanol–water partition coefficient (Wildman–Crippen LogP) is -2.63. The maximum atomic E-state index is 10.4. The quantitative estimate of drug-likeness (QED) is 0.282. The molecule has 0 amide bonds. The van der Waals surface area contributed by atoms with E-state index in [1.54, 1.807) is 0 Å². The normalized spacial score (nSPS) is 42.6. The number of hydrogen-bond donors (Lipinski definition) is 5. The third-order valence-electron chi connectivity index (χ3n) is 4.52. The Balaban J connectivity index is 1.85. The second-order valence-electron chi connectivity index (χ2n) is 6.71. The lowest BCUT2D eigenvalue weighted by Crippen LogP contribution is -2.55. The van der Waals surface area contributed by atoms with Crippen LogP contribution in [0.5, 0.6) is 0 Å². The summed E-state index contributed by atoms with van der Waals surface area (Å²) in [6.07, 6.45) is -7.87. The standard InChI is InChI=1S/C16H30O10/c1-8(17)25-11-3-9(4-22-2)26-13(15(11)20)7-23-6-12-16(21)14(19)10(18)5-24-12/h8-21H,3-7H2,1-2H3/t8-,9?,10?,11+,12?,13+,14-,15?,16+/m0/s1. The molecule has 9 atom stereocenters. The van der Waals surface area contributed by atoms with Crippen molar-refractivity contribution in [1.29, 1.82) is 0 Å². The fourth-order valence-electron chi connectivity index (χ4n) is 3.16. The summed E-state index contributed by atoms with van der Waals surface area (Å²) in [5, 5.41) is 48.8. The first-order chi connectivity index (χ1) is 12.3. The zero-order chi connectivity index (χ0) is 19.3. The molecule has 2 aliphatic heterocycles. The molecule has 5 N–H and O–H groups in total. The van der Waals surface area contributed by atoms with Gasteiger partial charge in [0.15, 0.2) is 6.29 Å². The molecular weight excluding hydrogens is 352 g/mol. The number of aliphatic hydroxyl groups excluding tert-OH is 5. The summed E-state index contributed by atoms with van der Waals surface area (Å²) in [4.78, 5) is 0. The zero-order valence-electron chi connectivity index (χ0n) is 15.0. The van der Waals surface area contributed by atoms with E-state index in [2.05, 4.69) is 0 Å². The van der Waals surface area contributed by atoms with Crippen molar-refractivity contribution in [2.24, 2.45) is 0 Å². The van der Waals surface area contributed by atoms with Crippen LogP contribution in [0.2, 0.25) is 0 Å². The highest BCUT2D eigenvalue weighted by Gasteiger charge is 2.40. The van der Waals surface area contributed by atoms with Crippen LogP contribution in [0.3, 0.4) is 0 Å². The van der Waals surface area contributed by atoms with Gasteiger partial charge in [-0.15, -0.1) is 0 Å². The second kappa shape index (κ2) is 10.2. The molecular formula is C16H30O10. The van der Waals surface area contributed by atoms with Gasteiger partial charge in [0.25, 0.3) is 0 Å². The van der Waals surface area contributed by atoms with Crippen LogP contribution in [-0.4, -0.2) is 114 Å². The van der Waals surface area contributed by atoms with Crippen LogP contribution >= 0.6 is 0 Å². The maximum absolute atomic E-state index is 10.4. The van der Waals surface area contributed by atoms with Crippen molar-refractivity contribution < 1.29 is 49.2 Å². The van der Waals surface area contributed by atoms with Crippen molar-refractivity contribution in [3.05, 3.63) is 0 Å². The molecule has 0 bridgehead atoms. The van der Waals surface area contributed by atoms with E-state index in [0.29, 0.717) is 13.0 Å².